The van der Waals surface area contributed by atoms with E-state index in [0.717, 1.165) is 6.20 Å². The molecule has 2 N–H and O–H groups in total. The largest absolute Gasteiger partial charge is 0.395 e. The molecular formula is C8H11ClN2O3S. The number of sulfonamides is 1. The number of hydrogen-bond acceptors (Lipinski definition) is 4. The van der Waals surface area contributed by atoms with E-state index in [1.807, 2.05) is 0 Å². The van der Waals surface area contributed by atoms with Gasteiger partial charge < -0.3 is 5.11 Å². The summed E-state index contributed by atoms with van der Waals surface area (Å²) < 4.78 is 25.5. The third kappa shape index (κ3) is 3.42. The number of aliphatic hydroxyl groups is 1. The molecule has 0 aromatic carbocycles. The molecule has 1 unspecified atom stereocenters. The smallest absolute Gasteiger partial charge is 0.242 e. The van der Waals surface area contributed by atoms with Crippen LogP contribution in [0.3, 0.4) is 0 Å². The average Bonchev–Trinajstić information content (AvgIpc) is 2.17. The van der Waals surface area contributed by atoms with Crippen LogP contribution < -0.4 is 4.72 Å². The second kappa shape index (κ2) is 4.89. The van der Waals surface area contributed by atoms with Gasteiger partial charge in [0.05, 0.1) is 6.61 Å². The number of nitrogens with zero attached hydrogens (tertiary/aromatic N) is 1. The zero-order valence-corrected chi connectivity index (χ0v) is 9.59. The van der Waals surface area contributed by atoms with Crippen molar-refractivity contribution in [3.8, 4) is 0 Å². The van der Waals surface area contributed by atoms with Crippen molar-refractivity contribution in [3.63, 3.8) is 0 Å². The molecule has 1 atom stereocenters. The predicted octanol–water partition coefficient (Wildman–Crippen LogP) is 0.394. The Morgan fingerprint density at radius 1 is 1.60 bits per heavy atom. The minimum atomic E-state index is -3.62. The van der Waals surface area contributed by atoms with Gasteiger partial charge in [0, 0.05) is 12.2 Å². The highest BCUT2D eigenvalue weighted by Crippen LogP contribution is 2.10. The van der Waals surface area contributed by atoms with Crippen molar-refractivity contribution in [2.24, 2.45) is 0 Å². The van der Waals surface area contributed by atoms with Crippen molar-refractivity contribution in [2.75, 3.05) is 6.61 Å². The summed E-state index contributed by atoms with van der Waals surface area (Å²) in [5, 5.41) is 8.95. The molecule has 0 aliphatic carbocycles. The van der Waals surface area contributed by atoms with E-state index in [1.54, 1.807) is 6.92 Å². The van der Waals surface area contributed by atoms with E-state index in [-0.39, 0.29) is 16.7 Å². The minimum Gasteiger partial charge on any atom is -0.395 e. The Kier molecular flexibility index (Phi) is 4.04. The summed E-state index contributed by atoms with van der Waals surface area (Å²) in [5.74, 6) is 0. The first-order valence-corrected chi connectivity index (χ1v) is 6.06. The van der Waals surface area contributed by atoms with Crippen LogP contribution in [-0.2, 0) is 10.0 Å². The predicted molar refractivity (Wildman–Crippen MR) is 56.1 cm³/mol. The molecule has 5 nitrogen and oxygen atoms in total. The average molecular weight is 251 g/mol. The molecule has 15 heavy (non-hydrogen) atoms. The number of hydrogen-bond donors (Lipinski definition) is 2. The fourth-order valence-electron chi connectivity index (χ4n) is 0.891. The molecule has 0 saturated heterocycles. The molecule has 0 saturated carbocycles. The second-order valence-electron chi connectivity index (χ2n) is 3.02. The number of aliphatic hydroxyl groups excluding tert-OH is 1. The van der Waals surface area contributed by atoms with Crippen LogP contribution >= 0.6 is 11.6 Å². The molecule has 0 bridgehead atoms. The maximum absolute atomic E-state index is 11.6. The van der Waals surface area contributed by atoms with E-state index < -0.39 is 16.1 Å². The van der Waals surface area contributed by atoms with Gasteiger partial charge in [-0.3, -0.25) is 0 Å². The highest BCUT2D eigenvalue weighted by atomic mass is 35.5. The molecular weight excluding hydrogens is 240 g/mol. The molecule has 0 fully saturated rings. The highest BCUT2D eigenvalue weighted by Gasteiger charge is 2.16. The Morgan fingerprint density at radius 3 is 2.73 bits per heavy atom. The fraction of sp³-hybridized carbons (Fsp3) is 0.375. The lowest BCUT2D eigenvalue weighted by atomic mass is 10.4. The first-order chi connectivity index (χ1) is 6.95. The first kappa shape index (κ1) is 12.4. The van der Waals surface area contributed by atoms with E-state index in [2.05, 4.69) is 9.71 Å². The van der Waals surface area contributed by atoms with Gasteiger partial charge in [0.25, 0.3) is 0 Å². The van der Waals surface area contributed by atoms with Gasteiger partial charge in [-0.1, -0.05) is 11.6 Å². The van der Waals surface area contributed by atoms with Crippen LogP contribution in [-0.4, -0.2) is 31.2 Å². The molecule has 7 heteroatoms. The van der Waals surface area contributed by atoms with E-state index in [4.69, 9.17) is 16.7 Å². The summed E-state index contributed by atoms with van der Waals surface area (Å²) >= 11 is 5.53. The number of rotatable bonds is 4. The van der Waals surface area contributed by atoms with Gasteiger partial charge in [0.1, 0.15) is 10.0 Å². The van der Waals surface area contributed by atoms with Crippen molar-refractivity contribution in [1.82, 2.24) is 9.71 Å². The van der Waals surface area contributed by atoms with Gasteiger partial charge in [-0.2, -0.15) is 0 Å². The minimum absolute atomic E-state index is 0.0206. The maximum Gasteiger partial charge on any atom is 0.242 e. The molecule has 0 aliphatic heterocycles. The van der Waals surface area contributed by atoms with Crippen molar-refractivity contribution in [2.45, 2.75) is 17.9 Å². The normalized spacial score (nSPS) is 13.8. The molecule has 1 rings (SSSR count). The van der Waals surface area contributed by atoms with Crippen LogP contribution in [0.1, 0.15) is 6.92 Å². The van der Waals surface area contributed by atoms with Crippen LogP contribution in [0.25, 0.3) is 0 Å². The van der Waals surface area contributed by atoms with Gasteiger partial charge in [-0.15, -0.1) is 0 Å². The summed E-state index contributed by atoms with van der Waals surface area (Å²) in [6.45, 7) is 1.29. The number of pyridine rings is 1. The molecule has 0 aliphatic rings. The molecule has 0 amide bonds. The quantitative estimate of drug-likeness (QED) is 0.758. The summed E-state index contributed by atoms with van der Waals surface area (Å²) in [4.78, 5) is 3.68. The van der Waals surface area contributed by atoms with Crippen molar-refractivity contribution in [3.05, 3.63) is 23.5 Å². The Bertz CT molecular complexity index is 418. The van der Waals surface area contributed by atoms with Crippen LogP contribution in [0.2, 0.25) is 5.15 Å². The molecule has 0 spiro atoms. The second-order valence-corrected chi connectivity index (χ2v) is 5.12. The number of halogens is 1. The van der Waals surface area contributed by atoms with Gasteiger partial charge in [0.15, 0.2) is 0 Å². The van der Waals surface area contributed by atoms with Crippen molar-refractivity contribution < 1.29 is 13.5 Å². The van der Waals surface area contributed by atoms with Crippen LogP contribution in [0.5, 0.6) is 0 Å². The van der Waals surface area contributed by atoms with Gasteiger partial charge in [-0.25, -0.2) is 18.1 Å². The third-order valence-electron chi connectivity index (χ3n) is 1.64. The van der Waals surface area contributed by atoms with Crippen molar-refractivity contribution in [1.29, 1.82) is 0 Å². The van der Waals surface area contributed by atoms with Crippen LogP contribution in [0.4, 0.5) is 0 Å². The van der Waals surface area contributed by atoms with Crippen molar-refractivity contribution >= 4 is 21.6 Å². The standard InChI is InChI=1S/C8H11ClN2O3S/c1-6(5-12)11-15(13,14)7-2-3-8(9)10-4-7/h2-4,6,11-12H,5H2,1H3. The maximum atomic E-state index is 11.6. The van der Waals surface area contributed by atoms with E-state index in [9.17, 15) is 8.42 Å². The van der Waals surface area contributed by atoms with Crippen LogP contribution in [0.15, 0.2) is 23.2 Å². The highest BCUT2D eigenvalue weighted by molar-refractivity contribution is 7.89. The molecule has 0 radical (unpaired) electrons. The fourth-order valence-corrected chi connectivity index (χ4v) is 2.18. The zero-order chi connectivity index (χ0) is 11.5. The zero-order valence-electron chi connectivity index (χ0n) is 8.01. The monoisotopic (exact) mass is 250 g/mol. The van der Waals surface area contributed by atoms with E-state index in [1.165, 1.54) is 12.1 Å². The Balaban J connectivity index is 2.91. The Hall–Kier alpha value is -0.690. The molecule has 84 valence electrons. The molecule has 1 aromatic heterocycles. The van der Waals surface area contributed by atoms with Gasteiger partial charge >= 0.3 is 0 Å². The van der Waals surface area contributed by atoms with Gasteiger partial charge in [-0.05, 0) is 19.1 Å². The number of nitrogens with one attached hydrogen (secondary N) is 1. The lowest BCUT2D eigenvalue weighted by Crippen LogP contribution is -2.35. The summed E-state index contributed by atoms with van der Waals surface area (Å²) in [7, 11) is -3.62. The molecule has 1 heterocycles. The lowest BCUT2D eigenvalue weighted by molar-refractivity contribution is 0.265. The molecule has 1 aromatic rings. The lowest BCUT2D eigenvalue weighted by Gasteiger charge is -2.10. The van der Waals surface area contributed by atoms with Crippen LogP contribution in [0, 0.1) is 0 Å². The first-order valence-electron chi connectivity index (χ1n) is 4.20. The third-order valence-corrected chi connectivity index (χ3v) is 3.44. The SMILES string of the molecule is CC(CO)NS(=O)(=O)c1ccc(Cl)nc1. The summed E-state index contributed by atoms with van der Waals surface area (Å²) in [5.41, 5.74) is 0. The Labute approximate surface area is 93.2 Å². The van der Waals surface area contributed by atoms with Gasteiger partial charge in [0.2, 0.25) is 10.0 Å². The van der Waals surface area contributed by atoms with E-state index in [0.29, 0.717) is 0 Å². The van der Waals surface area contributed by atoms with E-state index >= 15 is 0 Å². The topological polar surface area (TPSA) is 79.3 Å². The number of aromatic nitrogens is 1. The summed E-state index contributed by atoms with van der Waals surface area (Å²) in [6.07, 6.45) is 1.16. The Morgan fingerprint density at radius 2 is 2.27 bits per heavy atom. The summed E-state index contributed by atoms with van der Waals surface area (Å²) in [6, 6.07) is 2.20.